The zero-order chi connectivity index (χ0) is 19.5. The molecule has 2 aromatic rings. The summed E-state index contributed by atoms with van der Waals surface area (Å²) < 4.78 is 6.20. The van der Waals surface area contributed by atoms with Gasteiger partial charge in [-0.1, -0.05) is 34.1 Å². The van der Waals surface area contributed by atoms with E-state index in [0.29, 0.717) is 4.91 Å². The predicted octanol–water partition coefficient (Wildman–Crippen LogP) is 4.25. The lowest BCUT2D eigenvalue weighted by Crippen LogP contribution is -2.47. The lowest BCUT2D eigenvalue weighted by molar-refractivity contribution is -0.113. The molecule has 2 heterocycles. The number of aliphatic imine (C=N–C) groups is 1. The number of anilines is 1. The quantitative estimate of drug-likeness (QED) is 0.644. The maximum Gasteiger partial charge on any atom is 0.286 e. The van der Waals surface area contributed by atoms with Gasteiger partial charge in [0.1, 0.15) is 5.75 Å². The highest BCUT2D eigenvalue weighted by molar-refractivity contribution is 9.10. The molecule has 5 nitrogen and oxygen atoms in total. The number of hydrogen-bond acceptors (Lipinski definition) is 5. The number of rotatable bonds is 3. The molecule has 0 aliphatic carbocycles. The van der Waals surface area contributed by atoms with Crippen LogP contribution in [0.4, 0.5) is 5.69 Å². The van der Waals surface area contributed by atoms with Crippen LogP contribution in [0.5, 0.6) is 5.75 Å². The van der Waals surface area contributed by atoms with E-state index in [4.69, 9.17) is 4.74 Å². The molecule has 0 aromatic heterocycles. The first-order chi connectivity index (χ1) is 13.6. The normalized spacial score (nSPS) is 18.6. The minimum absolute atomic E-state index is 0.159. The van der Waals surface area contributed by atoms with Crippen molar-refractivity contribution in [1.29, 1.82) is 0 Å². The smallest absolute Gasteiger partial charge is 0.286 e. The van der Waals surface area contributed by atoms with Crippen molar-refractivity contribution in [2.24, 2.45) is 4.99 Å². The fraction of sp³-hybridized carbons (Fsp3) is 0.238. The molecule has 1 fully saturated rings. The average Bonchev–Trinajstić information content (AvgIpc) is 3.10. The maximum atomic E-state index is 12.3. The summed E-state index contributed by atoms with van der Waals surface area (Å²) in [7, 11) is 1.67. The second-order valence-electron chi connectivity index (χ2n) is 6.50. The highest BCUT2D eigenvalue weighted by Gasteiger charge is 2.28. The van der Waals surface area contributed by atoms with E-state index < -0.39 is 0 Å². The largest absolute Gasteiger partial charge is 0.497 e. The number of piperazine rings is 1. The van der Waals surface area contributed by atoms with E-state index in [1.807, 2.05) is 42.5 Å². The number of halogens is 1. The third kappa shape index (κ3) is 4.10. The molecule has 4 rings (SSSR count). The van der Waals surface area contributed by atoms with Gasteiger partial charge in [0.15, 0.2) is 5.17 Å². The molecule has 1 saturated heterocycles. The minimum atomic E-state index is -0.159. The molecular weight excluding hydrogens is 438 g/mol. The van der Waals surface area contributed by atoms with Crippen LogP contribution in [0.2, 0.25) is 0 Å². The Kier molecular flexibility index (Phi) is 5.73. The molecule has 0 atom stereocenters. The van der Waals surface area contributed by atoms with Crippen molar-refractivity contribution in [2.45, 2.75) is 0 Å². The average molecular weight is 458 g/mol. The molecule has 28 heavy (non-hydrogen) atoms. The van der Waals surface area contributed by atoms with Gasteiger partial charge in [-0.2, -0.15) is 4.99 Å². The van der Waals surface area contributed by atoms with Crippen LogP contribution in [0.3, 0.4) is 0 Å². The van der Waals surface area contributed by atoms with Gasteiger partial charge in [-0.05, 0) is 53.7 Å². The Bertz CT molecular complexity index is 935. The Morgan fingerprint density at radius 3 is 2.39 bits per heavy atom. The first-order valence-electron chi connectivity index (χ1n) is 9.05. The number of hydrogen-bond donors (Lipinski definition) is 0. The lowest BCUT2D eigenvalue weighted by Gasteiger charge is -2.36. The van der Waals surface area contributed by atoms with Crippen molar-refractivity contribution in [1.82, 2.24) is 4.90 Å². The van der Waals surface area contributed by atoms with Crippen molar-refractivity contribution in [3.05, 3.63) is 63.5 Å². The van der Waals surface area contributed by atoms with Crippen LogP contribution in [0.1, 0.15) is 5.56 Å². The van der Waals surface area contributed by atoms with Crippen molar-refractivity contribution in [3.63, 3.8) is 0 Å². The van der Waals surface area contributed by atoms with Crippen LogP contribution < -0.4 is 9.64 Å². The summed E-state index contributed by atoms with van der Waals surface area (Å²) >= 11 is 4.99. The molecule has 0 spiro atoms. The SMILES string of the molecule is COc1ccc(N2CCN(C3=NC(=O)/C(=C/c4ccccc4Br)S3)CC2)cc1. The number of carbonyl (C=O) groups excluding carboxylic acids is 1. The molecule has 0 radical (unpaired) electrons. The lowest BCUT2D eigenvalue weighted by atomic mass is 10.2. The van der Waals surface area contributed by atoms with Gasteiger partial charge in [0.05, 0.1) is 12.0 Å². The van der Waals surface area contributed by atoms with E-state index >= 15 is 0 Å². The number of nitrogens with zero attached hydrogens (tertiary/aromatic N) is 3. The van der Waals surface area contributed by atoms with Gasteiger partial charge in [0.2, 0.25) is 0 Å². The van der Waals surface area contributed by atoms with Gasteiger partial charge in [-0.25, -0.2) is 0 Å². The summed E-state index contributed by atoms with van der Waals surface area (Å²) in [6.45, 7) is 3.47. The highest BCUT2D eigenvalue weighted by atomic mass is 79.9. The van der Waals surface area contributed by atoms with Crippen LogP contribution in [0, 0.1) is 0 Å². The van der Waals surface area contributed by atoms with Crippen LogP contribution in [0.15, 0.2) is 62.9 Å². The highest BCUT2D eigenvalue weighted by Crippen LogP contribution is 2.32. The Balaban J connectivity index is 1.39. The molecule has 0 bridgehead atoms. The standard InChI is InChI=1S/C21H20BrN3O2S/c1-27-17-8-6-16(7-9-17)24-10-12-25(13-11-24)21-23-20(26)19(28-21)14-15-4-2-3-5-18(15)22/h2-9,14H,10-13H2,1H3/b19-14-. The third-order valence-electron chi connectivity index (χ3n) is 4.79. The fourth-order valence-electron chi connectivity index (χ4n) is 3.22. The predicted molar refractivity (Wildman–Crippen MR) is 119 cm³/mol. The number of methoxy groups -OCH3 is 1. The number of thioether (sulfide) groups is 1. The second-order valence-corrected chi connectivity index (χ2v) is 8.37. The summed E-state index contributed by atoms with van der Waals surface area (Å²) in [6.07, 6.45) is 1.90. The Hall–Kier alpha value is -2.25. The molecule has 0 N–H and O–H groups in total. The summed E-state index contributed by atoms with van der Waals surface area (Å²) in [5.41, 5.74) is 2.17. The maximum absolute atomic E-state index is 12.3. The van der Waals surface area contributed by atoms with Crippen LogP contribution >= 0.6 is 27.7 Å². The van der Waals surface area contributed by atoms with Crippen molar-refractivity contribution in [3.8, 4) is 5.75 Å². The molecule has 0 unspecified atom stereocenters. The second kappa shape index (κ2) is 8.41. The van der Waals surface area contributed by atoms with Crippen LogP contribution in [0.25, 0.3) is 6.08 Å². The van der Waals surface area contributed by atoms with Crippen molar-refractivity contribution < 1.29 is 9.53 Å². The van der Waals surface area contributed by atoms with E-state index in [-0.39, 0.29) is 5.91 Å². The molecule has 2 aromatic carbocycles. The van der Waals surface area contributed by atoms with Gasteiger partial charge < -0.3 is 14.5 Å². The first kappa shape index (κ1) is 19.1. The van der Waals surface area contributed by atoms with E-state index in [9.17, 15) is 4.79 Å². The monoisotopic (exact) mass is 457 g/mol. The van der Waals surface area contributed by atoms with E-state index in [1.165, 1.54) is 17.4 Å². The molecule has 7 heteroatoms. The van der Waals surface area contributed by atoms with Gasteiger partial charge in [0, 0.05) is 36.3 Å². The number of ether oxygens (including phenoxy) is 1. The van der Waals surface area contributed by atoms with Crippen molar-refractivity contribution in [2.75, 3.05) is 38.2 Å². The molecule has 2 aliphatic heterocycles. The molecule has 0 saturated carbocycles. The fourth-order valence-corrected chi connectivity index (χ4v) is 4.57. The number of amides is 1. The van der Waals surface area contributed by atoms with Gasteiger partial charge in [-0.15, -0.1) is 0 Å². The number of amidine groups is 1. The summed E-state index contributed by atoms with van der Waals surface area (Å²) in [5, 5.41) is 0.803. The molecule has 144 valence electrons. The first-order valence-corrected chi connectivity index (χ1v) is 10.7. The molecular formula is C21H20BrN3O2S. The van der Waals surface area contributed by atoms with Gasteiger partial charge >= 0.3 is 0 Å². The zero-order valence-corrected chi connectivity index (χ0v) is 17.9. The van der Waals surface area contributed by atoms with Gasteiger partial charge in [-0.3, -0.25) is 4.79 Å². The Morgan fingerprint density at radius 1 is 1.04 bits per heavy atom. The van der Waals surface area contributed by atoms with E-state index in [0.717, 1.165) is 47.1 Å². The molecule has 1 amide bonds. The summed E-state index contributed by atoms with van der Waals surface area (Å²) in [6, 6.07) is 16.0. The topological polar surface area (TPSA) is 45.1 Å². The van der Waals surface area contributed by atoms with Crippen LogP contribution in [-0.4, -0.2) is 49.3 Å². The zero-order valence-electron chi connectivity index (χ0n) is 15.5. The number of benzene rings is 2. The minimum Gasteiger partial charge on any atom is -0.497 e. The number of carbonyl (C=O) groups is 1. The van der Waals surface area contributed by atoms with Crippen molar-refractivity contribution >= 4 is 50.5 Å². The summed E-state index contributed by atoms with van der Waals surface area (Å²) in [5.74, 6) is 0.704. The Morgan fingerprint density at radius 2 is 1.71 bits per heavy atom. The molecule has 2 aliphatic rings. The van der Waals surface area contributed by atoms with E-state index in [1.54, 1.807) is 7.11 Å². The Labute approximate surface area is 177 Å². The van der Waals surface area contributed by atoms with Gasteiger partial charge in [0.25, 0.3) is 5.91 Å². The van der Waals surface area contributed by atoms with Crippen LogP contribution in [-0.2, 0) is 4.79 Å². The third-order valence-corrected chi connectivity index (χ3v) is 6.56. The summed E-state index contributed by atoms with van der Waals surface area (Å²) in [4.78, 5) is 21.8. The van der Waals surface area contributed by atoms with E-state index in [2.05, 4.69) is 42.9 Å².